The summed E-state index contributed by atoms with van der Waals surface area (Å²) in [4.78, 5) is 0. The Kier molecular flexibility index (Phi) is 3.26. The second-order valence-corrected chi connectivity index (χ2v) is 4.74. The number of hydrogen-bond donors (Lipinski definition) is 2. The summed E-state index contributed by atoms with van der Waals surface area (Å²) in [6.07, 6.45) is 0.975. The Morgan fingerprint density at radius 2 is 1.85 bits per heavy atom. The summed E-state index contributed by atoms with van der Waals surface area (Å²) < 4.78 is 39.1. The summed E-state index contributed by atoms with van der Waals surface area (Å²) in [6, 6.07) is 7.86. The predicted octanol–water partition coefficient (Wildman–Crippen LogP) is 3.68. The smallest absolute Gasteiger partial charge is 0.194 e. The monoisotopic (exact) mass is 278 g/mol. The fourth-order valence-corrected chi connectivity index (χ4v) is 2.41. The maximum absolute atomic E-state index is 13.1. The molecule has 0 unspecified atom stereocenters. The van der Waals surface area contributed by atoms with E-state index in [9.17, 15) is 13.2 Å². The van der Waals surface area contributed by atoms with Crippen molar-refractivity contribution in [3.63, 3.8) is 0 Å². The van der Waals surface area contributed by atoms with Gasteiger partial charge in [0.2, 0.25) is 0 Å². The molecule has 0 aliphatic carbocycles. The van der Waals surface area contributed by atoms with Crippen LogP contribution in [0.4, 0.5) is 24.5 Å². The lowest BCUT2D eigenvalue weighted by Gasteiger charge is -2.11. The van der Waals surface area contributed by atoms with Gasteiger partial charge in [-0.25, -0.2) is 13.2 Å². The Labute approximate surface area is 114 Å². The van der Waals surface area contributed by atoms with Crippen LogP contribution >= 0.6 is 0 Å². The van der Waals surface area contributed by atoms with Crippen LogP contribution in [0.25, 0.3) is 0 Å². The standard InChI is InChI=1S/C15H13F3N2/c16-12-6-11(7-13(17)14(12)18)20-8-10-3-1-2-9-4-5-19-15(9)10/h1-3,6-7,19-20H,4-5,8H2. The summed E-state index contributed by atoms with van der Waals surface area (Å²) in [6.45, 7) is 1.31. The molecule has 1 aliphatic rings. The zero-order valence-electron chi connectivity index (χ0n) is 10.6. The van der Waals surface area contributed by atoms with E-state index in [1.54, 1.807) is 0 Å². The minimum absolute atomic E-state index is 0.219. The highest BCUT2D eigenvalue weighted by molar-refractivity contribution is 5.62. The molecule has 0 spiro atoms. The molecule has 0 saturated heterocycles. The highest BCUT2D eigenvalue weighted by atomic mass is 19.2. The first-order valence-electron chi connectivity index (χ1n) is 6.38. The van der Waals surface area contributed by atoms with E-state index in [0.717, 1.165) is 36.3 Å². The van der Waals surface area contributed by atoms with E-state index in [1.807, 2.05) is 12.1 Å². The van der Waals surface area contributed by atoms with Crippen LogP contribution in [0.1, 0.15) is 11.1 Å². The van der Waals surface area contributed by atoms with Gasteiger partial charge in [0.25, 0.3) is 0 Å². The summed E-state index contributed by atoms with van der Waals surface area (Å²) >= 11 is 0. The molecule has 0 atom stereocenters. The molecule has 3 rings (SSSR count). The molecule has 1 heterocycles. The number of fused-ring (bicyclic) bond motifs is 1. The normalized spacial score (nSPS) is 12.9. The Bertz CT molecular complexity index is 633. The molecule has 2 aromatic rings. The van der Waals surface area contributed by atoms with Gasteiger partial charge in [0.15, 0.2) is 17.5 Å². The molecule has 2 N–H and O–H groups in total. The molecule has 0 radical (unpaired) electrons. The van der Waals surface area contributed by atoms with Gasteiger partial charge < -0.3 is 10.6 Å². The van der Waals surface area contributed by atoms with Crippen molar-refractivity contribution in [1.29, 1.82) is 0 Å². The fourth-order valence-electron chi connectivity index (χ4n) is 2.41. The zero-order chi connectivity index (χ0) is 14.1. The summed E-state index contributed by atoms with van der Waals surface area (Å²) in [5.74, 6) is -3.83. The number of anilines is 2. The van der Waals surface area contributed by atoms with Crippen LogP contribution < -0.4 is 10.6 Å². The lowest BCUT2D eigenvalue weighted by Crippen LogP contribution is -2.04. The Balaban J connectivity index is 1.79. The molecular formula is C15H13F3N2. The van der Waals surface area contributed by atoms with E-state index in [1.165, 1.54) is 5.56 Å². The average molecular weight is 278 g/mol. The van der Waals surface area contributed by atoms with Crippen molar-refractivity contribution in [2.75, 3.05) is 17.2 Å². The van der Waals surface area contributed by atoms with E-state index in [4.69, 9.17) is 0 Å². The van der Waals surface area contributed by atoms with Crippen LogP contribution in [0.15, 0.2) is 30.3 Å². The molecule has 0 saturated carbocycles. The van der Waals surface area contributed by atoms with Gasteiger partial charge in [0, 0.05) is 36.6 Å². The number of hydrogen-bond acceptors (Lipinski definition) is 2. The first-order chi connectivity index (χ1) is 9.65. The first-order valence-corrected chi connectivity index (χ1v) is 6.38. The van der Waals surface area contributed by atoms with Gasteiger partial charge >= 0.3 is 0 Å². The maximum atomic E-state index is 13.1. The van der Waals surface area contributed by atoms with Crippen molar-refractivity contribution in [2.24, 2.45) is 0 Å². The third-order valence-electron chi connectivity index (χ3n) is 3.40. The molecule has 5 heteroatoms. The molecule has 2 aromatic carbocycles. The van der Waals surface area contributed by atoms with Gasteiger partial charge in [-0.1, -0.05) is 18.2 Å². The molecule has 1 aliphatic heterocycles. The minimum Gasteiger partial charge on any atom is -0.384 e. The van der Waals surface area contributed by atoms with Gasteiger partial charge in [-0.2, -0.15) is 0 Å². The number of halogens is 3. The van der Waals surface area contributed by atoms with Gasteiger partial charge in [-0.15, -0.1) is 0 Å². The van der Waals surface area contributed by atoms with Crippen molar-refractivity contribution in [1.82, 2.24) is 0 Å². The van der Waals surface area contributed by atoms with Crippen LogP contribution in [-0.2, 0) is 13.0 Å². The van der Waals surface area contributed by atoms with E-state index in [-0.39, 0.29) is 5.69 Å². The van der Waals surface area contributed by atoms with Crippen molar-refractivity contribution in [3.05, 3.63) is 58.9 Å². The Morgan fingerprint density at radius 3 is 2.60 bits per heavy atom. The first kappa shape index (κ1) is 12.8. The van der Waals surface area contributed by atoms with Crippen molar-refractivity contribution < 1.29 is 13.2 Å². The van der Waals surface area contributed by atoms with Crippen molar-refractivity contribution in [2.45, 2.75) is 13.0 Å². The molecule has 0 amide bonds. The van der Waals surface area contributed by atoms with E-state index < -0.39 is 17.5 Å². The average Bonchev–Trinajstić information content (AvgIpc) is 2.91. The number of para-hydroxylation sites is 1. The fraction of sp³-hybridized carbons (Fsp3) is 0.200. The third-order valence-corrected chi connectivity index (χ3v) is 3.40. The van der Waals surface area contributed by atoms with Crippen LogP contribution in [-0.4, -0.2) is 6.54 Å². The minimum atomic E-state index is -1.45. The molecule has 0 aromatic heterocycles. The molecule has 0 fully saturated rings. The molecular weight excluding hydrogens is 265 g/mol. The van der Waals surface area contributed by atoms with Crippen molar-refractivity contribution >= 4 is 11.4 Å². The van der Waals surface area contributed by atoms with Gasteiger partial charge in [-0.3, -0.25) is 0 Å². The number of nitrogens with one attached hydrogen (secondary N) is 2. The van der Waals surface area contributed by atoms with Crippen LogP contribution in [0.2, 0.25) is 0 Å². The highest BCUT2D eigenvalue weighted by Crippen LogP contribution is 2.27. The van der Waals surface area contributed by atoms with E-state index in [0.29, 0.717) is 6.54 Å². The second kappa shape index (κ2) is 5.07. The topological polar surface area (TPSA) is 24.1 Å². The molecule has 104 valence electrons. The van der Waals surface area contributed by atoms with Crippen LogP contribution in [0.3, 0.4) is 0 Å². The number of benzene rings is 2. The van der Waals surface area contributed by atoms with Gasteiger partial charge in [0.05, 0.1) is 0 Å². The van der Waals surface area contributed by atoms with Gasteiger partial charge in [-0.05, 0) is 17.5 Å². The Hall–Kier alpha value is -2.17. The van der Waals surface area contributed by atoms with Crippen LogP contribution in [0, 0.1) is 17.5 Å². The zero-order valence-corrected chi connectivity index (χ0v) is 10.6. The SMILES string of the molecule is Fc1cc(NCc2cccc3c2NCC3)cc(F)c1F. The molecule has 2 nitrogen and oxygen atoms in total. The van der Waals surface area contributed by atoms with Crippen LogP contribution in [0.5, 0.6) is 0 Å². The van der Waals surface area contributed by atoms with Gasteiger partial charge in [0.1, 0.15) is 0 Å². The third kappa shape index (κ3) is 2.31. The maximum Gasteiger partial charge on any atom is 0.194 e. The second-order valence-electron chi connectivity index (χ2n) is 4.74. The highest BCUT2D eigenvalue weighted by Gasteiger charge is 2.14. The quantitative estimate of drug-likeness (QED) is 0.837. The predicted molar refractivity (Wildman–Crippen MR) is 72.3 cm³/mol. The number of rotatable bonds is 3. The summed E-state index contributed by atoms with van der Waals surface area (Å²) in [7, 11) is 0. The summed E-state index contributed by atoms with van der Waals surface area (Å²) in [5.41, 5.74) is 3.55. The van der Waals surface area contributed by atoms with E-state index >= 15 is 0 Å². The van der Waals surface area contributed by atoms with E-state index in [2.05, 4.69) is 16.7 Å². The lowest BCUT2D eigenvalue weighted by atomic mass is 10.1. The molecule has 0 bridgehead atoms. The summed E-state index contributed by atoms with van der Waals surface area (Å²) in [5, 5.41) is 6.20. The molecule has 20 heavy (non-hydrogen) atoms. The van der Waals surface area contributed by atoms with Crippen molar-refractivity contribution in [3.8, 4) is 0 Å². The lowest BCUT2D eigenvalue weighted by molar-refractivity contribution is 0.447. The largest absolute Gasteiger partial charge is 0.384 e. The Morgan fingerprint density at radius 1 is 1.10 bits per heavy atom.